The van der Waals surface area contributed by atoms with E-state index in [0.717, 1.165) is 12.0 Å². The summed E-state index contributed by atoms with van der Waals surface area (Å²) in [5.74, 6) is 0.589. The molecule has 0 saturated heterocycles. The molecule has 10 heavy (non-hydrogen) atoms. The Balaban J connectivity index is 2.79. The number of halogens is 1. The van der Waals surface area contributed by atoms with Crippen LogP contribution in [0, 0.1) is 0 Å². The molecule has 3 heteroatoms. The Morgan fingerprint density at radius 1 is 1.50 bits per heavy atom. The number of hydrogen-bond donors (Lipinski definition) is 1. The van der Waals surface area contributed by atoms with Crippen LogP contribution in [0.15, 0.2) is 23.1 Å². The van der Waals surface area contributed by atoms with E-state index in [0.29, 0.717) is 5.88 Å². The van der Waals surface area contributed by atoms with Crippen molar-refractivity contribution in [2.45, 2.75) is 6.42 Å². The molecule has 0 aliphatic heterocycles. The quantitative estimate of drug-likeness (QED) is 0.642. The molecule has 0 fully saturated rings. The highest BCUT2D eigenvalue weighted by atomic mass is 35.5. The van der Waals surface area contributed by atoms with Gasteiger partial charge in [0.05, 0.1) is 0 Å². The van der Waals surface area contributed by atoms with Gasteiger partial charge in [0.25, 0.3) is 0 Å². The summed E-state index contributed by atoms with van der Waals surface area (Å²) in [4.78, 5) is 13.1. The smallest absolute Gasteiger partial charge is 0.247 e. The van der Waals surface area contributed by atoms with E-state index in [9.17, 15) is 4.79 Å². The lowest BCUT2D eigenvalue weighted by molar-refractivity contribution is 1.09. The molecule has 1 rings (SSSR count). The Morgan fingerprint density at radius 2 is 2.30 bits per heavy atom. The molecular formula is C7H8ClNO. The molecule has 0 saturated carbocycles. The Bertz CT molecular complexity index is 236. The molecular weight excluding hydrogens is 150 g/mol. The van der Waals surface area contributed by atoms with Crippen LogP contribution >= 0.6 is 11.6 Å². The molecule has 0 amide bonds. The first-order chi connectivity index (χ1) is 4.83. The van der Waals surface area contributed by atoms with Gasteiger partial charge in [-0.05, 0) is 12.0 Å². The minimum Gasteiger partial charge on any atom is -0.329 e. The zero-order valence-corrected chi connectivity index (χ0v) is 6.19. The van der Waals surface area contributed by atoms with Crippen LogP contribution in [-0.2, 0) is 6.42 Å². The lowest BCUT2D eigenvalue weighted by atomic mass is 10.2. The van der Waals surface area contributed by atoms with E-state index < -0.39 is 0 Å². The minimum absolute atomic E-state index is 0.0710. The van der Waals surface area contributed by atoms with Crippen LogP contribution in [0.3, 0.4) is 0 Å². The number of nitrogens with one attached hydrogen (secondary N) is 1. The molecule has 0 spiro atoms. The van der Waals surface area contributed by atoms with Crippen molar-refractivity contribution in [3.05, 3.63) is 34.2 Å². The van der Waals surface area contributed by atoms with Crippen molar-refractivity contribution in [3.8, 4) is 0 Å². The second-order valence-corrected chi connectivity index (χ2v) is 2.38. The summed E-state index contributed by atoms with van der Waals surface area (Å²) in [6.07, 6.45) is 2.49. The van der Waals surface area contributed by atoms with Crippen LogP contribution in [-0.4, -0.2) is 10.9 Å². The van der Waals surface area contributed by atoms with Gasteiger partial charge in [0.2, 0.25) is 5.56 Å². The monoisotopic (exact) mass is 157 g/mol. The highest BCUT2D eigenvalue weighted by Gasteiger charge is 1.88. The van der Waals surface area contributed by atoms with Gasteiger partial charge in [0, 0.05) is 18.1 Å². The molecule has 54 valence electrons. The number of alkyl halides is 1. The molecule has 0 bridgehead atoms. The fourth-order valence-electron chi connectivity index (χ4n) is 0.707. The highest BCUT2D eigenvalue weighted by Crippen LogP contribution is 1.95. The molecule has 1 aromatic rings. The predicted octanol–water partition coefficient (Wildman–Crippen LogP) is 1.16. The second kappa shape index (κ2) is 3.42. The van der Waals surface area contributed by atoms with Crippen molar-refractivity contribution >= 4 is 11.6 Å². The van der Waals surface area contributed by atoms with Gasteiger partial charge in [-0.15, -0.1) is 11.6 Å². The first kappa shape index (κ1) is 7.35. The van der Waals surface area contributed by atoms with Gasteiger partial charge in [-0.1, -0.05) is 6.07 Å². The molecule has 0 radical (unpaired) electrons. The Hall–Kier alpha value is -0.760. The molecule has 2 nitrogen and oxygen atoms in total. The topological polar surface area (TPSA) is 32.9 Å². The zero-order chi connectivity index (χ0) is 7.40. The number of pyridine rings is 1. The first-order valence-corrected chi connectivity index (χ1v) is 3.60. The van der Waals surface area contributed by atoms with Gasteiger partial charge in [0.1, 0.15) is 0 Å². The number of aryl methyl sites for hydroxylation is 1. The number of H-pyrrole nitrogens is 1. The minimum atomic E-state index is -0.0710. The van der Waals surface area contributed by atoms with Crippen LogP contribution in [0.5, 0.6) is 0 Å². The van der Waals surface area contributed by atoms with E-state index in [-0.39, 0.29) is 5.56 Å². The van der Waals surface area contributed by atoms with Gasteiger partial charge in [-0.2, -0.15) is 0 Å². The summed E-state index contributed by atoms with van der Waals surface area (Å²) >= 11 is 5.48. The average Bonchev–Trinajstić information content (AvgIpc) is 1.95. The zero-order valence-electron chi connectivity index (χ0n) is 5.43. The van der Waals surface area contributed by atoms with E-state index in [2.05, 4.69) is 4.98 Å². The molecule has 0 unspecified atom stereocenters. The molecule has 1 heterocycles. The van der Waals surface area contributed by atoms with Crippen molar-refractivity contribution in [2.24, 2.45) is 0 Å². The summed E-state index contributed by atoms with van der Waals surface area (Å²) in [6, 6.07) is 3.28. The van der Waals surface area contributed by atoms with Crippen molar-refractivity contribution in [1.82, 2.24) is 4.98 Å². The van der Waals surface area contributed by atoms with Crippen molar-refractivity contribution < 1.29 is 0 Å². The highest BCUT2D eigenvalue weighted by molar-refractivity contribution is 6.17. The lowest BCUT2D eigenvalue weighted by Crippen LogP contribution is -2.02. The standard InChI is InChI=1S/C7H8ClNO/c8-4-3-6-1-2-7(10)9-5-6/h1-2,5H,3-4H2,(H,9,10). The van der Waals surface area contributed by atoms with E-state index in [4.69, 9.17) is 11.6 Å². The summed E-state index contributed by atoms with van der Waals surface area (Å²) in [5.41, 5.74) is 0.993. The summed E-state index contributed by atoms with van der Waals surface area (Å²) in [6.45, 7) is 0. The number of aromatic amines is 1. The Morgan fingerprint density at radius 3 is 2.80 bits per heavy atom. The van der Waals surface area contributed by atoms with Crippen LogP contribution in [0.1, 0.15) is 5.56 Å². The summed E-state index contributed by atoms with van der Waals surface area (Å²) in [5, 5.41) is 0. The Kier molecular flexibility index (Phi) is 2.51. The van der Waals surface area contributed by atoms with E-state index in [1.54, 1.807) is 12.3 Å². The third kappa shape index (κ3) is 1.88. The van der Waals surface area contributed by atoms with Crippen LogP contribution in [0.25, 0.3) is 0 Å². The third-order valence-corrected chi connectivity index (χ3v) is 1.42. The fourth-order valence-corrected chi connectivity index (χ4v) is 0.926. The van der Waals surface area contributed by atoms with Gasteiger partial charge >= 0.3 is 0 Å². The van der Waals surface area contributed by atoms with Crippen molar-refractivity contribution in [1.29, 1.82) is 0 Å². The first-order valence-electron chi connectivity index (χ1n) is 3.06. The van der Waals surface area contributed by atoms with Crippen LogP contribution in [0.4, 0.5) is 0 Å². The molecule has 0 atom stereocenters. The number of aromatic nitrogens is 1. The molecule has 0 aliphatic carbocycles. The summed E-state index contributed by atoms with van der Waals surface area (Å²) < 4.78 is 0. The molecule has 1 N–H and O–H groups in total. The lowest BCUT2D eigenvalue weighted by Gasteiger charge is -1.92. The normalized spacial score (nSPS) is 9.70. The Labute approximate surface area is 63.8 Å². The van der Waals surface area contributed by atoms with Gasteiger partial charge in [-0.3, -0.25) is 4.79 Å². The van der Waals surface area contributed by atoms with E-state index in [1.165, 1.54) is 6.07 Å². The molecule has 0 aliphatic rings. The largest absolute Gasteiger partial charge is 0.329 e. The number of rotatable bonds is 2. The maximum absolute atomic E-state index is 10.5. The van der Waals surface area contributed by atoms with Gasteiger partial charge in [-0.25, -0.2) is 0 Å². The summed E-state index contributed by atoms with van der Waals surface area (Å²) in [7, 11) is 0. The predicted molar refractivity (Wildman–Crippen MR) is 41.5 cm³/mol. The van der Waals surface area contributed by atoms with E-state index in [1.807, 2.05) is 0 Å². The fraction of sp³-hybridized carbons (Fsp3) is 0.286. The molecule has 0 aromatic carbocycles. The maximum atomic E-state index is 10.5. The van der Waals surface area contributed by atoms with Crippen LogP contribution in [0.2, 0.25) is 0 Å². The third-order valence-electron chi connectivity index (χ3n) is 1.23. The number of hydrogen-bond acceptors (Lipinski definition) is 1. The molecule has 1 aromatic heterocycles. The van der Waals surface area contributed by atoms with E-state index >= 15 is 0 Å². The second-order valence-electron chi connectivity index (χ2n) is 2.00. The SMILES string of the molecule is O=c1ccc(CCCl)c[nH]1. The van der Waals surface area contributed by atoms with Gasteiger partial charge < -0.3 is 4.98 Å². The van der Waals surface area contributed by atoms with Crippen molar-refractivity contribution in [2.75, 3.05) is 5.88 Å². The maximum Gasteiger partial charge on any atom is 0.247 e. The van der Waals surface area contributed by atoms with Crippen molar-refractivity contribution in [3.63, 3.8) is 0 Å². The van der Waals surface area contributed by atoms with Gasteiger partial charge in [0.15, 0.2) is 0 Å². The van der Waals surface area contributed by atoms with Crippen LogP contribution < -0.4 is 5.56 Å². The average molecular weight is 158 g/mol.